The molecule has 0 aliphatic heterocycles. The van der Waals surface area contributed by atoms with Gasteiger partial charge in [0, 0.05) is 16.8 Å². The van der Waals surface area contributed by atoms with Crippen LogP contribution in [0.25, 0.3) is 0 Å². The number of ketones is 1. The molecule has 0 aliphatic carbocycles. The molecule has 6 nitrogen and oxygen atoms in total. The molecule has 0 saturated carbocycles. The number of para-hydroxylation sites is 1. The van der Waals surface area contributed by atoms with Gasteiger partial charge in [0.15, 0.2) is 5.78 Å². The molecule has 0 spiro atoms. The van der Waals surface area contributed by atoms with Crippen LogP contribution in [-0.2, 0) is 0 Å². The molecule has 0 radical (unpaired) electrons. The van der Waals surface area contributed by atoms with Crippen molar-refractivity contribution in [2.75, 3.05) is 5.73 Å². The van der Waals surface area contributed by atoms with Gasteiger partial charge < -0.3 is 15.9 Å². The van der Waals surface area contributed by atoms with E-state index in [2.05, 4.69) is 0 Å². The Morgan fingerprint density at radius 1 is 0.810 bits per heavy atom. The largest absolute Gasteiger partial charge is 0.478 e. The van der Waals surface area contributed by atoms with E-state index in [0.29, 0.717) is 0 Å². The molecular formula is C15H11NO5. The maximum Gasteiger partial charge on any atom is 0.336 e. The van der Waals surface area contributed by atoms with Crippen LogP contribution in [0.3, 0.4) is 0 Å². The van der Waals surface area contributed by atoms with Crippen molar-refractivity contribution in [3.63, 3.8) is 0 Å². The molecule has 2 aromatic carbocycles. The highest BCUT2D eigenvalue weighted by molar-refractivity contribution is 6.17. The number of nitrogen functional groups attached to an aromatic ring is 1. The number of hydrogen-bond acceptors (Lipinski definition) is 4. The number of benzene rings is 2. The first-order chi connectivity index (χ1) is 9.91. The smallest absolute Gasteiger partial charge is 0.336 e. The fourth-order valence-corrected chi connectivity index (χ4v) is 1.90. The van der Waals surface area contributed by atoms with Crippen LogP contribution in [0, 0.1) is 0 Å². The molecular weight excluding hydrogens is 274 g/mol. The second-order valence-electron chi connectivity index (χ2n) is 4.29. The Morgan fingerprint density at radius 2 is 1.48 bits per heavy atom. The molecule has 2 rings (SSSR count). The van der Waals surface area contributed by atoms with Crippen LogP contribution < -0.4 is 5.73 Å². The normalized spacial score (nSPS) is 10.1. The number of anilines is 1. The molecule has 0 bridgehead atoms. The highest BCUT2D eigenvalue weighted by atomic mass is 16.4. The Hall–Kier alpha value is -3.15. The molecule has 4 N–H and O–H groups in total. The van der Waals surface area contributed by atoms with Gasteiger partial charge in [0.25, 0.3) is 0 Å². The van der Waals surface area contributed by atoms with Gasteiger partial charge in [-0.1, -0.05) is 12.1 Å². The van der Waals surface area contributed by atoms with E-state index in [1.807, 2.05) is 0 Å². The third-order valence-electron chi connectivity index (χ3n) is 2.95. The number of rotatable bonds is 4. The van der Waals surface area contributed by atoms with E-state index in [4.69, 9.17) is 15.9 Å². The number of carboxylic acid groups (broad SMARTS) is 2. The molecule has 0 aromatic heterocycles. The molecule has 0 saturated heterocycles. The average molecular weight is 285 g/mol. The van der Waals surface area contributed by atoms with Crippen molar-refractivity contribution in [3.05, 3.63) is 64.7 Å². The molecule has 0 atom stereocenters. The minimum atomic E-state index is -1.32. The number of carboxylic acids is 2. The van der Waals surface area contributed by atoms with Gasteiger partial charge in [-0.15, -0.1) is 0 Å². The number of nitrogens with two attached hydrogens (primary N) is 1. The van der Waals surface area contributed by atoms with Crippen LogP contribution in [-0.4, -0.2) is 27.9 Å². The summed E-state index contributed by atoms with van der Waals surface area (Å²) in [7, 11) is 0. The van der Waals surface area contributed by atoms with Gasteiger partial charge in [0.2, 0.25) is 0 Å². The van der Waals surface area contributed by atoms with Crippen LogP contribution in [0.5, 0.6) is 0 Å². The fraction of sp³-hybridized carbons (Fsp3) is 0. The molecule has 6 heteroatoms. The van der Waals surface area contributed by atoms with E-state index in [0.717, 1.165) is 18.2 Å². The molecule has 2 aromatic rings. The second kappa shape index (κ2) is 5.46. The second-order valence-corrected chi connectivity index (χ2v) is 4.29. The quantitative estimate of drug-likeness (QED) is 0.583. The summed E-state index contributed by atoms with van der Waals surface area (Å²) in [5.41, 5.74) is 5.37. The maximum absolute atomic E-state index is 12.4. The first-order valence-corrected chi connectivity index (χ1v) is 5.91. The topological polar surface area (TPSA) is 118 Å². The monoisotopic (exact) mass is 285 g/mol. The predicted molar refractivity (Wildman–Crippen MR) is 74.6 cm³/mol. The molecule has 0 fully saturated rings. The molecule has 0 heterocycles. The zero-order valence-electron chi connectivity index (χ0n) is 10.7. The number of carbonyl (C=O) groups is 3. The number of aromatic carboxylic acids is 2. The molecule has 106 valence electrons. The highest BCUT2D eigenvalue weighted by Crippen LogP contribution is 2.20. The minimum Gasteiger partial charge on any atom is -0.478 e. The van der Waals surface area contributed by atoms with E-state index in [1.54, 1.807) is 12.1 Å². The summed E-state index contributed by atoms with van der Waals surface area (Å²) in [5.74, 6) is -3.19. The summed E-state index contributed by atoms with van der Waals surface area (Å²) in [5, 5.41) is 18.1. The number of carbonyl (C=O) groups excluding carboxylic acids is 1. The van der Waals surface area contributed by atoms with Crippen LogP contribution in [0.15, 0.2) is 42.5 Å². The lowest BCUT2D eigenvalue weighted by molar-refractivity contribution is 0.0679. The zero-order chi connectivity index (χ0) is 15.6. The Kier molecular flexibility index (Phi) is 3.71. The van der Waals surface area contributed by atoms with Gasteiger partial charge in [0.05, 0.1) is 11.1 Å². The third kappa shape index (κ3) is 2.74. The highest BCUT2D eigenvalue weighted by Gasteiger charge is 2.21. The van der Waals surface area contributed by atoms with Crippen molar-refractivity contribution in [2.45, 2.75) is 0 Å². The summed E-state index contributed by atoms with van der Waals surface area (Å²) in [4.78, 5) is 34.6. The molecule has 0 unspecified atom stereocenters. The van der Waals surface area contributed by atoms with Crippen molar-refractivity contribution in [1.29, 1.82) is 0 Å². The first kappa shape index (κ1) is 14.3. The van der Waals surface area contributed by atoms with Gasteiger partial charge in [-0.05, 0) is 30.3 Å². The van der Waals surface area contributed by atoms with Crippen molar-refractivity contribution in [3.8, 4) is 0 Å². The summed E-state index contributed by atoms with van der Waals surface area (Å²) in [6.07, 6.45) is 0. The Morgan fingerprint density at radius 3 is 2.05 bits per heavy atom. The number of hydrogen-bond donors (Lipinski definition) is 3. The summed E-state index contributed by atoms with van der Waals surface area (Å²) in [6.45, 7) is 0. The lowest BCUT2D eigenvalue weighted by Gasteiger charge is -2.08. The van der Waals surface area contributed by atoms with Crippen LogP contribution >= 0.6 is 0 Å². The van der Waals surface area contributed by atoms with Crippen molar-refractivity contribution >= 4 is 23.4 Å². The molecule has 21 heavy (non-hydrogen) atoms. The molecule has 0 amide bonds. The summed E-state index contributed by atoms with van der Waals surface area (Å²) < 4.78 is 0. The van der Waals surface area contributed by atoms with E-state index >= 15 is 0 Å². The fourth-order valence-electron chi connectivity index (χ4n) is 1.90. The standard InChI is InChI=1S/C15H11NO5/c16-12-4-2-1-3-10(12)13(17)11-7-8(14(18)19)5-6-9(11)15(20)21/h1-7H,16H2,(H,18,19)(H,20,21). The first-order valence-electron chi connectivity index (χ1n) is 5.91. The minimum absolute atomic E-state index is 0.127. The summed E-state index contributed by atoms with van der Waals surface area (Å²) >= 11 is 0. The predicted octanol–water partition coefficient (Wildman–Crippen LogP) is 1.90. The summed E-state index contributed by atoms with van der Waals surface area (Å²) in [6, 6.07) is 9.46. The van der Waals surface area contributed by atoms with Crippen molar-refractivity contribution in [2.24, 2.45) is 0 Å². The van der Waals surface area contributed by atoms with Gasteiger partial charge in [-0.3, -0.25) is 4.79 Å². The van der Waals surface area contributed by atoms with Gasteiger partial charge in [0.1, 0.15) is 0 Å². The average Bonchev–Trinajstić information content (AvgIpc) is 2.46. The van der Waals surface area contributed by atoms with Gasteiger partial charge >= 0.3 is 11.9 Å². The third-order valence-corrected chi connectivity index (χ3v) is 2.95. The Bertz CT molecular complexity index is 751. The van der Waals surface area contributed by atoms with Crippen LogP contribution in [0.1, 0.15) is 36.6 Å². The van der Waals surface area contributed by atoms with E-state index in [9.17, 15) is 14.4 Å². The van der Waals surface area contributed by atoms with E-state index < -0.39 is 17.7 Å². The lowest BCUT2D eigenvalue weighted by Crippen LogP contribution is -2.13. The van der Waals surface area contributed by atoms with Crippen LogP contribution in [0.2, 0.25) is 0 Å². The zero-order valence-corrected chi connectivity index (χ0v) is 10.7. The van der Waals surface area contributed by atoms with Crippen LogP contribution in [0.4, 0.5) is 5.69 Å². The van der Waals surface area contributed by atoms with Crippen molar-refractivity contribution in [1.82, 2.24) is 0 Å². The SMILES string of the molecule is Nc1ccccc1C(=O)c1cc(C(=O)O)ccc1C(=O)O. The molecule has 0 aliphatic rings. The Balaban J connectivity index is 2.63. The lowest BCUT2D eigenvalue weighted by atomic mass is 9.95. The maximum atomic E-state index is 12.4. The Labute approximate surface area is 119 Å². The van der Waals surface area contributed by atoms with E-state index in [1.165, 1.54) is 12.1 Å². The van der Waals surface area contributed by atoms with Crippen molar-refractivity contribution < 1.29 is 24.6 Å². The van der Waals surface area contributed by atoms with Gasteiger partial charge in [-0.25, -0.2) is 9.59 Å². The van der Waals surface area contributed by atoms with E-state index in [-0.39, 0.29) is 27.9 Å². The van der Waals surface area contributed by atoms with Gasteiger partial charge in [-0.2, -0.15) is 0 Å².